The van der Waals surface area contributed by atoms with Gasteiger partial charge >= 0.3 is 10.1 Å². The van der Waals surface area contributed by atoms with Crippen LogP contribution in [-0.4, -0.2) is 20.9 Å². The third-order valence-corrected chi connectivity index (χ3v) is 4.90. The van der Waals surface area contributed by atoms with Crippen LogP contribution < -0.4 is 8.92 Å². The van der Waals surface area contributed by atoms with Gasteiger partial charge in [0.15, 0.2) is 11.5 Å². The van der Waals surface area contributed by atoms with E-state index < -0.39 is 10.1 Å². The van der Waals surface area contributed by atoms with Gasteiger partial charge in [-0.25, -0.2) is 0 Å². The largest absolute Gasteiger partial charge is 0.490 e. The molecule has 0 saturated carbocycles. The zero-order valence-corrected chi connectivity index (χ0v) is 15.3. The molecule has 0 bridgehead atoms. The predicted molar refractivity (Wildman–Crippen MR) is 95.6 cm³/mol. The van der Waals surface area contributed by atoms with Crippen molar-refractivity contribution in [3.05, 3.63) is 53.6 Å². The molecule has 0 spiro atoms. The molecule has 0 atom stereocenters. The number of hydrogen-bond donors (Lipinski definition) is 0. The smallest absolute Gasteiger partial charge is 0.339 e. The van der Waals surface area contributed by atoms with Crippen LogP contribution in [0.4, 0.5) is 0 Å². The summed E-state index contributed by atoms with van der Waals surface area (Å²) in [6.07, 6.45) is 1.61. The van der Waals surface area contributed by atoms with E-state index in [4.69, 9.17) is 25.8 Å². The summed E-state index contributed by atoms with van der Waals surface area (Å²) in [5.74, 6) is 0.818. The fourth-order valence-corrected chi connectivity index (χ4v) is 3.25. The van der Waals surface area contributed by atoms with Crippen molar-refractivity contribution in [2.75, 3.05) is 12.5 Å². The maximum absolute atomic E-state index is 12.5. The Labute approximate surface area is 152 Å². The number of aryl methyl sites for hydroxylation is 1. The molecule has 2 rings (SSSR count). The van der Waals surface area contributed by atoms with Crippen LogP contribution in [0.2, 0.25) is 0 Å². The molecule has 132 valence electrons. The van der Waals surface area contributed by atoms with Crippen molar-refractivity contribution in [2.24, 2.45) is 0 Å². The number of rotatable bonds is 8. The lowest BCUT2D eigenvalue weighted by molar-refractivity contribution is 0.327. The van der Waals surface area contributed by atoms with Gasteiger partial charge in [0, 0.05) is 11.9 Å². The van der Waals surface area contributed by atoms with Gasteiger partial charge in [-0.05, 0) is 49.6 Å². The average Bonchev–Trinajstić information content (AvgIpc) is 2.62. The van der Waals surface area contributed by atoms with E-state index in [1.807, 2.05) is 6.07 Å². The fourth-order valence-electron chi connectivity index (χ4n) is 2.17. The number of nitriles is 1. The molecule has 0 aliphatic carbocycles. The van der Waals surface area contributed by atoms with E-state index in [0.717, 1.165) is 18.4 Å². The summed E-state index contributed by atoms with van der Waals surface area (Å²) in [5.41, 5.74) is 1.37. The highest BCUT2D eigenvalue weighted by Gasteiger charge is 2.19. The SMILES string of the molecule is CCOc1cc(C#N)ccc1OS(=O)(=O)c1ccc(CCCCl)cc1. The maximum atomic E-state index is 12.5. The summed E-state index contributed by atoms with van der Waals surface area (Å²) in [6, 6.07) is 12.8. The monoisotopic (exact) mass is 379 g/mol. The first kappa shape index (κ1) is 19.1. The second-order valence-corrected chi connectivity index (χ2v) is 7.10. The topological polar surface area (TPSA) is 76.4 Å². The molecule has 2 aromatic rings. The summed E-state index contributed by atoms with van der Waals surface area (Å²) in [7, 11) is -4.00. The highest BCUT2D eigenvalue weighted by atomic mass is 35.5. The number of alkyl halides is 1. The van der Waals surface area contributed by atoms with Crippen LogP contribution in [0.5, 0.6) is 11.5 Å². The van der Waals surface area contributed by atoms with Gasteiger partial charge in [-0.1, -0.05) is 12.1 Å². The zero-order chi connectivity index (χ0) is 18.3. The minimum atomic E-state index is -4.00. The Balaban J connectivity index is 2.25. The van der Waals surface area contributed by atoms with Crippen molar-refractivity contribution >= 4 is 21.7 Å². The third-order valence-electron chi connectivity index (χ3n) is 3.38. The van der Waals surface area contributed by atoms with Crippen LogP contribution in [0.25, 0.3) is 0 Å². The second kappa shape index (κ2) is 8.75. The van der Waals surface area contributed by atoms with Gasteiger partial charge in [0.05, 0.1) is 18.2 Å². The third kappa shape index (κ3) is 5.12. The molecule has 7 heteroatoms. The molecule has 0 aliphatic rings. The lowest BCUT2D eigenvalue weighted by atomic mass is 10.1. The summed E-state index contributed by atoms with van der Waals surface area (Å²) in [6.45, 7) is 2.08. The van der Waals surface area contributed by atoms with Gasteiger partial charge < -0.3 is 8.92 Å². The van der Waals surface area contributed by atoms with Gasteiger partial charge in [-0.15, -0.1) is 11.6 Å². The quantitative estimate of drug-likeness (QED) is 0.513. The molecule has 0 aromatic heterocycles. The lowest BCUT2D eigenvalue weighted by Gasteiger charge is -2.12. The Morgan fingerprint density at radius 1 is 1.12 bits per heavy atom. The van der Waals surface area contributed by atoms with E-state index in [0.29, 0.717) is 18.1 Å². The van der Waals surface area contributed by atoms with Crippen LogP contribution >= 0.6 is 11.6 Å². The number of halogens is 1. The first-order valence-corrected chi connectivity index (χ1v) is 9.70. The van der Waals surface area contributed by atoms with Crippen LogP contribution in [0, 0.1) is 11.3 Å². The summed E-state index contributed by atoms with van der Waals surface area (Å²) in [4.78, 5) is 0.0499. The van der Waals surface area contributed by atoms with Gasteiger partial charge in [0.2, 0.25) is 0 Å². The van der Waals surface area contributed by atoms with Gasteiger partial charge in [-0.3, -0.25) is 0 Å². The molecular weight excluding hydrogens is 362 g/mol. The number of benzene rings is 2. The Bertz CT molecular complexity index is 858. The Morgan fingerprint density at radius 2 is 1.84 bits per heavy atom. The molecule has 25 heavy (non-hydrogen) atoms. The normalized spacial score (nSPS) is 10.9. The number of hydrogen-bond acceptors (Lipinski definition) is 5. The van der Waals surface area contributed by atoms with Crippen molar-refractivity contribution in [1.29, 1.82) is 5.26 Å². The van der Waals surface area contributed by atoms with Crippen molar-refractivity contribution in [2.45, 2.75) is 24.7 Å². The zero-order valence-electron chi connectivity index (χ0n) is 13.7. The van der Waals surface area contributed by atoms with Crippen LogP contribution in [0.1, 0.15) is 24.5 Å². The Kier molecular flexibility index (Phi) is 6.68. The molecule has 0 aliphatic heterocycles. The number of ether oxygens (including phenoxy) is 1. The van der Waals surface area contributed by atoms with E-state index in [2.05, 4.69) is 0 Å². The van der Waals surface area contributed by atoms with E-state index in [9.17, 15) is 8.42 Å². The summed E-state index contributed by atoms with van der Waals surface area (Å²) < 4.78 is 35.5. The molecule has 0 unspecified atom stereocenters. The Hall–Kier alpha value is -2.23. The summed E-state index contributed by atoms with van der Waals surface area (Å²) in [5, 5.41) is 8.95. The highest BCUT2D eigenvalue weighted by molar-refractivity contribution is 7.87. The molecule has 0 N–H and O–H groups in total. The van der Waals surface area contributed by atoms with Gasteiger partial charge in [0.1, 0.15) is 4.90 Å². The van der Waals surface area contributed by atoms with E-state index in [1.165, 1.54) is 30.3 Å². The van der Waals surface area contributed by atoms with Crippen molar-refractivity contribution < 1.29 is 17.3 Å². The molecule has 0 fully saturated rings. The molecule has 0 amide bonds. The molecule has 5 nitrogen and oxygen atoms in total. The minimum Gasteiger partial charge on any atom is -0.490 e. The predicted octanol–water partition coefficient (Wildman–Crippen LogP) is 3.90. The van der Waals surface area contributed by atoms with Crippen molar-refractivity contribution in [3.8, 4) is 17.6 Å². The van der Waals surface area contributed by atoms with Crippen LogP contribution in [0.3, 0.4) is 0 Å². The van der Waals surface area contributed by atoms with E-state index >= 15 is 0 Å². The Morgan fingerprint density at radius 3 is 2.44 bits per heavy atom. The first-order valence-electron chi connectivity index (χ1n) is 7.76. The van der Waals surface area contributed by atoms with E-state index in [-0.39, 0.29) is 16.4 Å². The first-order chi connectivity index (χ1) is 12.0. The molecule has 0 saturated heterocycles. The second-order valence-electron chi connectivity index (χ2n) is 5.18. The molecule has 0 heterocycles. The molecular formula is C18H18ClNO4S. The lowest BCUT2D eigenvalue weighted by Crippen LogP contribution is -2.11. The van der Waals surface area contributed by atoms with E-state index in [1.54, 1.807) is 19.1 Å². The average molecular weight is 380 g/mol. The molecule has 2 aromatic carbocycles. The molecule has 0 radical (unpaired) electrons. The van der Waals surface area contributed by atoms with Crippen molar-refractivity contribution in [1.82, 2.24) is 0 Å². The maximum Gasteiger partial charge on any atom is 0.339 e. The van der Waals surface area contributed by atoms with Gasteiger partial charge in [0.25, 0.3) is 0 Å². The van der Waals surface area contributed by atoms with Crippen LogP contribution in [-0.2, 0) is 16.5 Å². The minimum absolute atomic E-state index is 0.0482. The highest BCUT2D eigenvalue weighted by Crippen LogP contribution is 2.31. The summed E-state index contributed by atoms with van der Waals surface area (Å²) >= 11 is 5.66. The fraction of sp³-hybridized carbons (Fsp3) is 0.278. The standard InChI is InChI=1S/C18H18ClNO4S/c1-2-23-18-12-15(13-20)7-10-17(18)24-25(21,22)16-8-5-14(6-9-16)4-3-11-19/h5-10,12H,2-4,11H2,1H3. The van der Waals surface area contributed by atoms with Crippen LogP contribution in [0.15, 0.2) is 47.4 Å². The van der Waals surface area contributed by atoms with Crippen molar-refractivity contribution in [3.63, 3.8) is 0 Å². The van der Waals surface area contributed by atoms with Gasteiger partial charge in [-0.2, -0.15) is 13.7 Å². The number of nitrogens with zero attached hydrogens (tertiary/aromatic N) is 1.